The van der Waals surface area contributed by atoms with Crippen molar-refractivity contribution in [2.45, 2.75) is 52.9 Å². The van der Waals surface area contributed by atoms with Crippen LogP contribution >= 0.6 is 27.3 Å². The second-order valence-electron chi connectivity index (χ2n) is 7.50. The summed E-state index contributed by atoms with van der Waals surface area (Å²) in [6.07, 6.45) is 4.03. The molecule has 1 aliphatic carbocycles. The molecular formula is C17H28BrNS. The SMILES string of the molecule is CC(C)CNCC1CCC(C)(C)CC1c1cscc1Br. The van der Waals surface area contributed by atoms with Gasteiger partial charge in [-0.25, -0.2) is 0 Å². The molecule has 0 bridgehead atoms. The number of hydrogen-bond acceptors (Lipinski definition) is 2. The summed E-state index contributed by atoms with van der Waals surface area (Å²) in [6, 6.07) is 0. The molecule has 1 N–H and O–H groups in total. The normalized spacial score (nSPS) is 26.1. The number of halogens is 1. The highest BCUT2D eigenvalue weighted by atomic mass is 79.9. The molecule has 1 aromatic heterocycles. The van der Waals surface area contributed by atoms with Crippen LogP contribution in [0.15, 0.2) is 15.2 Å². The zero-order chi connectivity index (χ0) is 14.8. The zero-order valence-electron chi connectivity index (χ0n) is 13.2. The maximum atomic E-state index is 3.75. The van der Waals surface area contributed by atoms with Gasteiger partial charge in [-0.15, -0.1) is 0 Å². The van der Waals surface area contributed by atoms with Crippen LogP contribution in [0.25, 0.3) is 0 Å². The second-order valence-corrected chi connectivity index (χ2v) is 9.10. The Morgan fingerprint density at radius 2 is 2.15 bits per heavy atom. The summed E-state index contributed by atoms with van der Waals surface area (Å²) >= 11 is 5.57. The Labute approximate surface area is 136 Å². The summed E-state index contributed by atoms with van der Waals surface area (Å²) in [6.45, 7) is 11.7. The summed E-state index contributed by atoms with van der Waals surface area (Å²) in [4.78, 5) is 0. The van der Waals surface area contributed by atoms with Crippen LogP contribution in [0.3, 0.4) is 0 Å². The minimum absolute atomic E-state index is 0.487. The fourth-order valence-corrected chi connectivity index (χ4v) is 5.02. The minimum Gasteiger partial charge on any atom is -0.316 e. The Bertz CT molecular complexity index is 424. The molecule has 1 aliphatic rings. The van der Waals surface area contributed by atoms with Crippen molar-refractivity contribution in [1.29, 1.82) is 0 Å². The average Bonchev–Trinajstić information content (AvgIpc) is 2.76. The zero-order valence-corrected chi connectivity index (χ0v) is 15.6. The molecule has 0 saturated heterocycles. The third-order valence-electron chi connectivity index (χ3n) is 4.53. The first-order chi connectivity index (χ1) is 9.39. The molecule has 20 heavy (non-hydrogen) atoms. The van der Waals surface area contributed by atoms with Gasteiger partial charge < -0.3 is 5.32 Å². The van der Waals surface area contributed by atoms with E-state index in [1.54, 1.807) is 5.56 Å². The molecule has 1 aromatic rings. The molecule has 2 unspecified atom stereocenters. The lowest BCUT2D eigenvalue weighted by Crippen LogP contribution is -2.35. The van der Waals surface area contributed by atoms with E-state index in [-0.39, 0.29) is 0 Å². The monoisotopic (exact) mass is 357 g/mol. The van der Waals surface area contributed by atoms with E-state index in [2.05, 4.69) is 59.7 Å². The third-order valence-corrected chi connectivity index (χ3v) is 6.29. The fourth-order valence-electron chi connectivity index (χ4n) is 3.36. The smallest absolute Gasteiger partial charge is 0.0317 e. The third kappa shape index (κ3) is 4.32. The maximum absolute atomic E-state index is 3.75. The van der Waals surface area contributed by atoms with Crippen molar-refractivity contribution < 1.29 is 0 Å². The Hall–Kier alpha value is 0.140. The van der Waals surface area contributed by atoms with Gasteiger partial charge in [-0.3, -0.25) is 0 Å². The molecule has 0 radical (unpaired) electrons. The van der Waals surface area contributed by atoms with E-state index in [0.717, 1.165) is 18.4 Å². The number of rotatable bonds is 5. The van der Waals surface area contributed by atoms with Crippen LogP contribution in [0.2, 0.25) is 0 Å². The van der Waals surface area contributed by atoms with Gasteiger partial charge in [-0.05, 0) is 82.4 Å². The second kappa shape index (κ2) is 6.93. The largest absolute Gasteiger partial charge is 0.316 e. The van der Waals surface area contributed by atoms with E-state index < -0.39 is 0 Å². The molecule has 3 heteroatoms. The van der Waals surface area contributed by atoms with Gasteiger partial charge in [0, 0.05) is 9.85 Å². The first kappa shape index (κ1) is 16.5. The molecule has 2 atom stereocenters. The maximum Gasteiger partial charge on any atom is 0.0317 e. The van der Waals surface area contributed by atoms with E-state index in [0.29, 0.717) is 11.3 Å². The standard InChI is InChI=1S/C17H28BrNS/c1-12(2)8-19-9-13-5-6-17(3,4)7-14(13)15-10-20-11-16(15)18/h10-14,19H,5-9H2,1-4H3. The van der Waals surface area contributed by atoms with Crippen molar-refractivity contribution in [1.82, 2.24) is 5.32 Å². The highest BCUT2D eigenvalue weighted by Crippen LogP contribution is 2.48. The molecule has 0 spiro atoms. The van der Waals surface area contributed by atoms with Crippen LogP contribution in [0, 0.1) is 17.3 Å². The highest BCUT2D eigenvalue weighted by molar-refractivity contribution is 9.10. The molecule has 1 saturated carbocycles. The summed E-state index contributed by atoms with van der Waals surface area (Å²) in [5.41, 5.74) is 2.03. The molecule has 1 heterocycles. The molecule has 1 nitrogen and oxygen atoms in total. The molecule has 0 aromatic carbocycles. The number of hydrogen-bond donors (Lipinski definition) is 1. The lowest BCUT2D eigenvalue weighted by atomic mass is 9.65. The van der Waals surface area contributed by atoms with Crippen molar-refractivity contribution in [3.05, 3.63) is 20.8 Å². The minimum atomic E-state index is 0.487. The Balaban J connectivity index is 2.07. The molecule has 1 fully saturated rings. The Morgan fingerprint density at radius 1 is 1.40 bits per heavy atom. The van der Waals surface area contributed by atoms with Crippen LogP contribution < -0.4 is 5.32 Å². The predicted octanol–water partition coefficient (Wildman–Crippen LogP) is 5.67. The predicted molar refractivity (Wildman–Crippen MR) is 93.6 cm³/mol. The van der Waals surface area contributed by atoms with E-state index in [4.69, 9.17) is 0 Å². The number of thiophene rings is 1. The van der Waals surface area contributed by atoms with Gasteiger partial charge in [-0.1, -0.05) is 27.7 Å². The molecule has 0 aliphatic heterocycles. The van der Waals surface area contributed by atoms with Crippen LogP contribution in [0.5, 0.6) is 0 Å². The van der Waals surface area contributed by atoms with Crippen molar-refractivity contribution >= 4 is 27.3 Å². The molecular weight excluding hydrogens is 330 g/mol. The Morgan fingerprint density at radius 3 is 2.75 bits per heavy atom. The highest BCUT2D eigenvalue weighted by Gasteiger charge is 2.36. The van der Waals surface area contributed by atoms with Crippen LogP contribution in [-0.2, 0) is 0 Å². The van der Waals surface area contributed by atoms with Gasteiger partial charge in [0.2, 0.25) is 0 Å². The average molecular weight is 358 g/mol. The molecule has 0 amide bonds. The van der Waals surface area contributed by atoms with Gasteiger partial charge in [-0.2, -0.15) is 11.3 Å². The van der Waals surface area contributed by atoms with Crippen molar-refractivity contribution in [2.75, 3.05) is 13.1 Å². The van der Waals surface area contributed by atoms with Crippen LogP contribution in [-0.4, -0.2) is 13.1 Å². The van der Waals surface area contributed by atoms with Crippen molar-refractivity contribution in [3.63, 3.8) is 0 Å². The van der Waals surface area contributed by atoms with E-state index in [1.165, 1.54) is 30.3 Å². The van der Waals surface area contributed by atoms with E-state index in [1.807, 2.05) is 11.3 Å². The van der Waals surface area contributed by atoms with Crippen molar-refractivity contribution in [2.24, 2.45) is 17.3 Å². The van der Waals surface area contributed by atoms with Gasteiger partial charge in [0.1, 0.15) is 0 Å². The van der Waals surface area contributed by atoms with E-state index >= 15 is 0 Å². The van der Waals surface area contributed by atoms with E-state index in [9.17, 15) is 0 Å². The summed E-state index contributed by atoms with van der Waals surface area (Å²) in [5.74, 6) is 2.23. The van der Waals surface area contributed by atoms with Crippen LogP contribution in [0.4, 0.5) is 0 Å². The number of nitrogens with one attached hydrogen (secondary N) is 1. The lowest BCUT2D eigenvalue weighted by Gasteiger charge is -2.41. The van der Waals surface area contributed by atoms with Crippen molar-refractivity contribution in [3.8, 4) is 0 Å². The van der Waals surface area contributed by atoms with Gasteiger partial charge in [0.05, 0.1) is 0 Å². The summed E-state index contributed by atoms with van der Waals surface area (Å²) in [7, 11) is 0. The first-order valence-electron chi connectivity index (χ1n) is 7.81. The lowest BCUT2D eigenvalue weighted by molar-refractivity contribution is 0.159. The summed E-state index contributed by atoms with van der Waals surface area (Å²) < 4.78 is 1.32. The first-order valence-corrected chi connectivity index (χ1v) is 9.55. The van der Waals surface area contributed by atoms with Gasteiger partial charge in [0.15, 0.2) is 0 Å². The topological polar surface area (TPSA) is 12.0 Å². The Kier molecular flexibility index (Phi) is 5.72. The molecule has 2 rings (SSSR count). The van der Waals surface area contributed by atoms with Gasteiger partial charge >= 0.3 is 0 Å². The van der Waals surface area contributed by atoms with Gasteiger partial charge in [0.25, 0.3) is 0 Å². The quantitative estimate of drug-likeness (QED) is 0.715. The summed E-state index contributed by atoms with van der Waals surface area (Å²) in [5, 5.41) is 8.27. The van der Waals surface area contributed by atoms with Crippen LogP contribution in [0.1, 0.15) is 58.4 Å². The molecule has 114 valence electrons. The fraction of sp³-hybridized carbons (Fsp3) is 0.765.